The Hall–Kier alpha value is 0.430. The van der Waals surface area contributed by atoms with Crippen LogP contribution in [-0.4, -0.2) is 24.6 Å². The van der Waals surface area contributed by atoms with Crippen molar-refractivity contribution in [3.63, 3.8) is 0 Å². The Bertz CT molecular complexity index is 212. The molecule has 0 saturated carbocycles. The molecule has 0 heterocycles. The molecule has 1 heteroatoms. The zero-order valence-corrected chi connectivity index (χ0v) is 18.1. The zero-order valence-electron chi connectivity index (χ0n) is 17.2. The molecule has 0 saturated heterocycles. The lowest BCUT2D eigenvalue weighted by Gasteiger charge is -2.23. The zero-order chi connectivity index (χ0) is 17.2. The first-order chi connectivity index (χ1) is 11.2. The predicted molar refractivity (Wildman–Crippen MR) is 114 cm³/mol. The van der Waals surface area contributed by atoms with Crippen LogP contribution >= 0.6 is 7.26 Å². The van der Waals surface area contributed by atoms with Crippen LogP contribution in [0.15, 0.2) is 0 Å². The van der Waals surface area contributed by atoms with E-state index >= 15 is 0 Å². The first-order valence-corrected chi connectivity index (χ1v) is 13.6. The molecule has 0 aliphatic heterocycles. The van der Waals surface area contributed by atoms with Crippen molar-refractivity contribution in [2.24, 2.45) is 0 Å². The number of rotatable bonds is 18. The average molecular weight is 344 g/mol. The van der Waals surface area contributed by atoms with Gasteiger partial charge in [-0.1, -0.05) is 84.0 Å². The highest BCUT2D eigenvalue weighted by Gasteiger charge is 2.29. The largest absolute Gasteiger partial charge is 0.0654 e. The lowest BCUT2D eigenvalue weighted by atomic mass is 10.0. The molecule has 0 fully saturated rings. The minimum atomic E-state index is -0.523. The monoisotopic (exact) mass is 343 g/mol. The fourth-order valence-electron chi connectivity index (χ4n) is 3.79. The van der Waals surface area contributed by atoms with E-state index in [1.54, 1.807) is 6.16 Å². The molecule has 23 heavy (non-hydrogen) atoms. The topological polar surface area (TPSA) is 0 Å². The van der Waals surface area contributed by atoms with E-state index in [0.717, 1.165) is 0 Å². The highest BCUT2D eigenvalue weighted by Crippen LogP contribution is 2.58. The highest BCUT2D eigenvalue weighted by atomic mass is 31.2. The SMILES string of the molecule is CCCCCCCCCCCCCCCC[P+](CC)(CC)CC. The number of unbranched alkanes of at least 4 members (excludes halogenated alkanes) is 13. The summed E-state index contributed by atoms with van der Waals surface area (Å²) >= 11 is 0. The van der Waals surface area contributed by atoms with Crippen LogP contribution in [0.1, 0.15) is 118 Å². The van der Waals surface area contributed by atoms with Crippen LogP contribution in [0, 0.1) is 0 Å². The third kappa shape index (κ3) is 13.4. The van der Waals surface area contributed by atoms with Crippen molar-refractivity contribution in [1.29, 1.82) is 0 Å². The van der Waals surface area contributed by atoms with Gasteiger partial charge in [-0.05, 0) is 33.6 Å². The molecule has 0 unspecified atom stereocenters. The van der Waals surface area contributed by atoms with Gasteiger partial charge >= 0.3 is 0 Å². The molecule has 140 valence electrons. The minimum Gasteiger partial charge on any atom is -0.0654 e. The van der Waals surface area contributed by atoms with Gasteiger partial charge in [-0.3, -0.25) is 0 Å². The third-order valence-electron chi connectivity index (χ3n) is 6.00. The molecule has 0 radical (unpaired) electrons. The Morgan fingerprint density at radius 3 is 1.00 bits per heavy atom. The van der Waals surface area contributed by atoms with Crippen LogP contribution in [0.25, 0.3) is 0 Å². The summed E-state index contributed by atoms with van der Waals surface area (Å²) in [5, 5.41) is 0. The van der Waals surface area contributed by atoms with Crippen molar-refractivity contribution in [2.75, 3.05) is 24.6 Å². The molecule has 0 amide bonds. The Morgan fingerprint density at radius 1 is 0.391 bits per heavy atom. The molecule has 0 spiro atoms. The normalized spacial score (nSPS) is 12.0. The maximum Gasteiger partial charge on any atom is 0.0594 e. The standard InChI is InChI=1S/C22H48P/c1-5-9-10-11-12-13-14-15-16-17-18-19-20-21-22-23(6-2,7-3)8-4/h5-22H2,1-4H3/q+1. The first kappa shape index (κ1) is 23.4. The fourth-order valence-corrected chi connectivity index (χ4v) is 6.97. The van der Waals surface area contributed by atoms with Crippen LogP contribution < -0.4 is 0 Å². The van der Waals surface area contributed by atoms with Crippen molar-refractivity contribution >= 4 is 7.26 Å². The van der Waals surface area contributed by atoms with Gasteiger partial charge in [0, 0.05) is 7.26 Å². The van der Waals surface area contributed by atoms with Crippen molar-refractivity contribution in [1.82, 2.24) is 0 Å². The summed E-state index contributed by atoms with van der Waals surface area (Å²) in [5.41, 5.74) is 0. The van der Waals surface area contributed by atoms with E-state index in [4.69, 9.17) is 0 Å². The molecule has 0 atom stereocenters. The second kappa shape index (κ2) is 17.3. The second-order valence-electron chi connectivity index (χ2n) is 7.61. The summed E-state index contributed by atoms with van der Waals surface area (Å²) < 4.78 is 0. The first-order valence-electron chi connectivity index (χ1n) is 11.1. The van der Waals surface area contributed by atoms with Gasteiger partial charge in [0.2, 0.25) is 0 Å². The van der Waals surface area contributed by atoms with Gasteiger partial charge in [0.25, 0.3) is 0 Å². The average Bonchev–Trinajstić information content (AvgIpc) is 2.59. The predicted octanol–water partition coefficient (Wildman–Crippen LogP) is 8.55. The molecular weight excluding hydrogens is 295 g/mol. The number of hydrogen-bond acceptors (Lipinski definition) is 0. The Morgan fingerprint density at radius 2 is 0.696 bits per heavy atom. The van der Waals surface area contributed by atoms with E-state index in [9.17, 15) is 0 Å². The van der Waals surface area contributed by atoms with Gasteiger partial charge in [-0.25, -0.2) is 0 Å². The molecule has 0 aromatic rings. The van der Waals surface area contributed by atoms with E-state index in [2.05, 4.69) is 27.7 Å². The molecule has 0 aromatic heterocycles. The Labute approximate surface area is 149 Å². The van der Waals surface area contributed by atoms with Gasteiger partial charge in [0.1, 0.15) is 0 Å². The molecule has 0 N–H and O–H groups in total. The Balaban J connectivity index is 3.25. The summed E-state index contributed by atoms with van der Waals surface area (Å²) in [6, 6.07) is 0. The molecule has 0 rings (SSSR count). The van der Waals surface area contributed by atoms with Gasteiger partial charge in [-0.15, -0.1) is 0 Å². The molecule has 0 aromatic carbocycles. The summed E-state index contributed by atoms with van der Waals surface area (Å²) in [5.74, 6) is 0. The van der Waals surface area contributed by atoms with Crippen molar-refractivity contribution in [3.05, 3.63) is 0 Å². The lowest BCUT2D eigenvalue weighted by molar-refractivity contribution is 0.538. The smallest absolute Gasteiger partial charge is 0.0594 e. The highest BCUT2D eigenvalue weighted by molar-refractivity contribution is 7.75. The Kier molecular flexibility index (Phi) is 17.6. The molecule has 0 aliphatic rings. The second-order valence-corrected chi connectivity index (χ2v) is 12.6. The maximum absolute atomic E-state index is 2.44. The van der Waals surface area contributed by atoms with Crippen LogP contribution in [0.4, 0.5) is 0 Å². The summed E-state index contributed by atoms with van der Waals surface area (Å²) in [6.45, 7) is 9.61. The van der Waals surface area contributed by atoms with Crippen molar-refractivity contribution in [2.45, 2.75) is 118 Å². The van der Waals surface area contributed by atoms with Gasteiger partial charge in [0.05, 0.1) is 24.6 Å². The van der Waals surface area contributed by atoms with E-state index in [-0.39, 0.29) is 0 Å². The van der Waals surface area contributed by atoms with Gasteiger partial charge in [0.15, 0.2) is 0 Å². The third-order valence-corrected chi connectivity index (χ3v) is 11.3. The number of hydrogen-bond donors (Lipinski definition) is 0. The van der Waals surface area contributed by atoms with Crippen LogP contribution in [-0.2, 0) is 0 Å². The minimum absolute atomic E-state index is 0.523. The molecule has 0 aliphatic carbocycles. The summed E-state index contributed by atoms with van der Waals surface area (Å²) in [4.78, 5) is 0. The lowest BCUT2D eigenvalue weighted by Crippen LogP contribution is -2.07. The van der Waals surface area contributed by atoms with Crippen LogP contribution in [0.3, 0.4) is 0 Å². The van der Waals surface area contributed by atoms with Crippen molar-refractivity contribution in [3.8, 4) is 0 Å². The quantitative estimate of drug-likeness (QED) is 0.173. The van der Waals surface area contributed by atoms with Gasteiger partial charge < -0.3 is 0 Å². The van der Waals surface area contributed by atoms with Gasteiger partial charge in [-0.2, -0.15) is 0 Å². The molecular formula is C22H48P+. The summed E-state index contributed by atoms with van der Waals surface area (Å²) in [7, 11) is -0.523. The molecule has 0 bridgehead atoms. The van der Waals surface area contributed by atoms with E-state index in [1.165, 1.54) is 108 Å². The van der Waals surface area contributed by atoms with E-state index < -0.39 is 7.26 Å². The van der Waals surface area contributed by atoms with Crippen LogP contribution in [0.5, 0.6) is 0 Å². The van der Waals surface area contributed by atoms with E-state index in [0.29, 0.717) is 0 Å². The van der Waals surface area contributed by atoms with Crippen LogP contribution in [0.2, 0.25) is 0 Å². The van der Waals surface area contributed by atoms with Crippen molar-refractivity contribution < 1.29 is 0 Å². The maximum atomic E-state index is 2.44. The fraction of sp³-hybridized carbons (Fsp3) is 1.00. The van der Waals surface area contributed by atoms with E-state index in [1.807, 2.05) is 0 Å². The molecule has 0 nitrogen and oxygen atoms in total. The summed E-state index contributed by atoms with van der Waals surface area (Å²) in [6.07, 6.45) is 26.7.